The molecule has 0 amide bonds. The molecule has 0 aliphatic carbocycles. The van der Waals surface area contributed by atoms with Gasteiger partial charge in [-0.15, -0.1) is 0 Å². The van der Waals surface area contributed by atoms with Crippen LogP contribution in [0.25, 0.3) is 5.69 Å². The van der Waals surface area contributed by atoms with Crippen LogP contribution in [0.15, 0.2) is 35.3 Å². The molecule has 0 fully saturated rings. The van der Waals surface area contributed by atoms with Gasteiger partial charge in [0.15, 0.2) is 0 Å². The van der Waals surface area contributed by atoms with E-state index in [0.717, 1.165) is 0 Å². The lowest BCUT2D eigenvalue weighted by atomic mass is 10.3. The molecule has 0 spiro atoms. The third-order valence-electron chi connectivity index (χ3n) is 2.10. The smallest absolute Gasteiger partial charge is 0.268 e. The fourth-order valence-corrected chi connectivity index (χ4v) is 1.34. The van der Waals surface area contributed by atoms with E-state index in [1.165, 1.54) is 16.8 Å². The van der Waals surface area contributed by atoms with Gasteiger partial charge >= 0.3 is 0 Å². The third kappa shape index (κ3) is 1.82. The van der Waals surface area contributed by atoms with Gasteiger partial charge in [0.25, 0.3) is 5.56 Å². The summed E-state index contributed by atoms with van der Waals surface area (Å²) in [5.41, 5.74) is 6.15. The van der Waals surface area contributed by atoms with Gasteiger partial charge < -0.3 is 5.73 Å². The molecule has 78 valence electrons. The summed E-state index contributed by atoms with van der Waals surface area (Å²) in [6, 6.07) is 5.94. The van der Waals surface area contributed by atoms with E-state index in [2.05, 4.69) is 5.10 Å². The van der Waals surface area contributed by atoms with Crippen LogP contribution in [0, 0.1) is 5.82 Å². The van der Waals surface area contributed by atoms with Gasteiger partial charge in [-0.25, -0.2) is 4.39 Å². The minimum absolute atomic E-state index is 0.164. The van der Waals surface area contributed by atoms with E-state index >= 15 is 0 Å². The first-order valence-electron chi connectivity index (χ1n) is 4.47. The molecule has 1 aromatic heterocycles. The number of nitrogens with zero attached hydrogens (tertiary/aromatic N) is 1. The lowest BCUT2D eigenvalue weighted by molar-refractivity contribution is 0.625. The molecule has 0 radical (unpaired) electrons. The summed E-state index contributed by atoms with van der Waals surface area (Å²) in [5, 5.41) is 2.55. The predicted octanol–water partition coefficient (Wildman–Crippen LogP) is 0.763. The van der Waals surface area contributed by atoms with Gasteiger partial charge in [0.05, 0.1) is 11.3 Å². The van der Waals surface area contributed by atoms with Crippen LogP contribution in [0.1, 0.15) is 5.56 Å². The van der Waals surface area contributed by atoms with Crippen LogP contribution in [0.5, 0.6) is 0 Å². The number of nitrogens with one attached hydrogen (secondary N) is 1. The zero-order valence-electron chi connectivity index (χ0n) is 7.90. The van der Waals surface area contributed by atoms with E-state index in [1.807, 2.05) is 0 Å². The molecular formula is C10H10FN3O. The second-order valence-corrected chi connectivity index (χ2v) is 3.15. The largest absolute Gasteiger partial charge is 0.326 e. The highest BCUT2D eigenvalue weighted by Gasteiger charge is 2.03. The molecule has 0 bridgehead atoms. The van der Waals surface area contributed by atoms with Crippen molar-refractivity contribution < 1.29 is 4.39 Å². The molecule has 5 heteroatoms. The Balaban J connectivity index is 2.50. The molecule has 4 nitrogen and oxygen atoms in total. The van der Waals surface area contributed by atoms with Crippen molar-refractivity contribution >= 4 is 0 Å². The summed E-state index contributed by atoms with van der Waals surface area (Å²) >= 11 is 0. The van der Waals surface area contributed by atoms with Crippen LogP contribution >= 0.6 is 0 Å². The van der Waals surface area contributed by atoms with E-state index in [9.17, 15) is 9.18 Å². The van der Waals surface area contributed by atoms with Crippen LogP contribution in [0.2, 0.25) is 0 Å². The number of hydrogen-bond donors (Lipinski definition) is 2. The summed E-state index contributed by atoms with van der Waals surface area (Å²) in [5.74, 6) is -0.351. The van der Waals surface area contributed by atoms with Crippen molar-refractivity contribution in [3.63, 3.8) is 0 Å². The Labute approximate surface area is 85.1 Å². The predicted molar refractivity (Wildman–Crippen MR) is 54.2 cm³/mol. The summed E-state index contributed by atoms with van der Waals surface area (Å²) in [6.45, 7) is 0.164. The first-order chi connectivity index (χ1) is 7.20. The van der Waals surface area contributed by atoms with Gasteiger partial charge in [-0.3, -0.25) is 14.6 Å². The Morgan fingerprint density at radius 3 is 2.87 bits per heavy atom. The Morgan fingerprint density at radius 1 is 1.47 bits per heavy atom. The molecule has 0 saturated carbocycles. The topological polar surface area (TPSA) is 63.8 Å². The fourth-order valence-electron chi connectivity index (χ4n) is 1.34. The van der Waals surface area contributed by atoms with Gasteiger partial charge in [0, 0.05) is 12.7 Å². The second kappa shape index (κ2) is 3.70. The van der Waals surface area contributed by atoms with Crippen molar-refractivity contribution in [3.05, 3.63) is 52.2 Å². The molecule has 2 aromatic rings. The number of rotatable bonds is 2. The van der Waals surface area contributed by atoms with Crippen LogP contribution in [0.4, 0.5) is 4.39 Å². The van der Waals surface area contributed by atoms with E-state index in [1.54, 1.807) is 18.3 Å². The number of benzene rings is 1. The van der Waals surface area contributed by atoms with Gasteiger partial charge in [-0.1, -0.05) is 6.07 Å². The maximum atomic E-state index is 12.9. The third-order valence-corrected chi connectivity index (χ3v) is 2.10. The fraction of sp³-hybridized carbons (Fsp3) is 0.100. The van der Waals surface area contributed by atoms with Gasteiger partial charge in [-0.05, 0) is 18.2 Å². The summed E-state index contributed by atoms with van der Waals surface area (Å²) in [4.78, 5) is 11.3. The quantitative estimate of drug-likeness (QED) is 0.763. The van der Waals surface area contributed by atoms with Gasteiger partial charge in [0.1, 0.15) is 5.82 Å². The molecule has 2 rings (SSSR count). The van der Waals surface area contributed by atoms with Crippen molar-refractivity contribution in [2.45, 2.75) is 6.54 Å². The molecule has 1 aromatic carbocycles. The Hall–Kier alpha value is -1.88. The SMILES string of the molecule is NCc1cn(-c2cccc(F)c2)[nH]c1=O. The second-order valence-electron chi connectivity index (χ2n) is 3.15. The molecule has 0 unspecified atom stereocenters. The Kier molecular flexibility index (Phi) is 2.39. The van der Waals surface area contributed by atoms with Crippen molar-refractivity contribution in [2.24, 2.45) is 5.73 Å². The zero-order chi connectivity index (χ0) is 10.8. The number of H-pyrrole nitrogens is 1. The average Bonchev–Trinajstić information content (AvgIpc) is 2.60. The first-order valence-corrected chi connectivity index (χ1v) is 4.47. The number of nitrogens with two attached hydrogens (primary N) is 1. The molecule has 15 heavy (non-hydrogen) atoms. The monoisotopic (exact) mass is 207 g/mol. The maximum Gasteiger partial charge on any atom is 0.268 e. The van der Waals surface area contributed by atoms with Crippen LogP contribution in [0.3, 0.4) is 0 Å². The minimum atomic E-state index is -0.351. The van der Waals surface area contributed by atoms with Crippen LogP contribution in [-0.2, 0) is 6.54 Å². The van der Waals surface area contributed by atoms with Gasteiger partial charge in [0.2, 0.25) is 0 Å². The summed E-state index contributed by atoms with van der Waals surface area (Å²) < 4.78 is 14.4. The first kappa shape index (κ1) is 9.67. The van der Waals surface area contributed by atoms with Crippen LogP contribution in [-0.4, -0.2) is 9.78 Å². The molecule has 1 heterocycles. The lowest BCUT2D eigenvalue weighted by Crippen LogP contribution is -2.10. The van der Waals surface area contributed by atoms with Crippen molar-refractivity contribution in [3.8, 4) is 5.69 Å². The standard InChI is InChI=1S/C10H10FN3O/c11-8-2-1-3-9(4-8)14-6-7(5-12)10(15)13-14/h1-4,6H,5,12H2,(H,13,15). The highest BCUT2D eigenvalue weighted by Crippen LogP contribution is 2.07. The zero-order valence-corrected chi connectivity index (χ0v) is 7.90. The normalized spacial score (nSPS) is 10.5. The lowest BCUT2D eigenvalue weighted by Gasteiger charge is -2.00. The van der Waals surface area contributed by atoms with E-state index in [0.29, 0.717) is 11.3 Å². The number of aromatic nitrogens is 2. The minimum Gasteiger partial charge on any atom is -0.326 e. The molecular weight excluding hydrogens is 197 g/mol. The van der Waals surface area contributed by atoms with Gasteiger partial charge in [-0.2, -0.15) is 0 Å². The molecule has 0 aliphatic heterocycles. The molecule has 0 atom stereocenters. The van der Waals surface area contributed by atoms with E-state index < -0.39 is 0 Å². The highest BCUT2D eigenvalue weighted by atomic mass is 19.1. The Bertz CT molecular complexity index is 529. The number of hydrogen-bond acceptors (Lipinski definition) is 2. The van der Waals surface area contributed by atoms with Crippen molar-refractivity contribution in [1.29, 1.82) is 0 Å². The molecule has 0 saturated heterocycles. The van der Waals surface area contributed by atoms with E-state index in [-0.39, 0.29) is 17.9 Å². The summed E-state index contributed by atoms with van der Waals surface area (Å²) in [7, 11) is 0. The maximum absolute atomic E-state index is 12.9. The van der Waals surface area contributed by atoms with Crippen molar-refractivity contribution in [2.75, 3.05) is 0 Å². The summed E-state index contributed by atoms with van der Waals surface area (Å²) in [6.07, 6.45) is 1.57. The average molecular weight is 207 g/mol. The molecule has 3 N–H and O–H groups in total. The van der Waals surface area contributed by atoms with Crippen LogP contribution < -0.4 is 11.3 Å². The highest BCUT2D eigenvalue weighted by molar-refractivity contribution is 5.31. The van der Waals surface area contributed by atoms with Crippen molar-refractivity contribution in [1.82, 2.24) is 9.78 Å². The molecule has 0 aliphatic rings. The number of aromatic amines is 1. The Morgan fingerprint density at radius 2 is 2.27 bits per heavy atom. The van der Waals surface area contributed by atoms with E-state index in [4.69, 9.17) is 5.73 Å². The number of halogens is 1.